The van der Waals surface area contributed by atoms with Crippen molar-refractivity contribution in [2.75, 3.05) is 5.32 Å². The number of hydrogen-bond donors (Lipinski definition) is 1. The number of hydrogen-bond acceptors (Lipinski definition) is 2. The Balaban J connectivity index is 2.85. The zero-order valence-corrected chi connectivity index (χ0v) is 9.63. The molecule has 0 saturated carbocycles. The zero-order valence-electron chi connectivity index (χ0n) is 8.04. The number of allylic oxidation sites excluding steroid dienone is 1. The van der Waals surface area contributed by atoms with E-state index in [2.05, 4.69) is 26.2 Å². The minimum atomic E-state index is -0.152. The fraction of sp³-hybridized carbons (Fsp3) is 0.200. The molecule has 1 rings (SSSR count). The summed E-state index contributed by atoms with van der Waals surface area (Å²) in [7, 11) is 0. The fourth-order valence-corrected chi connectivity index (χ4v) is 1.28. The van der Waals surface area contributed by atoms with Crippen LogP contribution in [-0.2, 0) is 4.79 Å². The van der Waals surface area contributed by atoms with E-state index in [4.69, 9.17) is 0 Å². The molecule has 14 heavy (non-hydrogen) atoms. The minimum absolute atomic E-state index is 0.152. The van der Waals surface area contributed by atoms with Crippen molar-refractivity contribution >= 4 is 27.5 Å². The van der Waals surface area contributed by atoms with Crippen LogP contribution in [0.1, 0.15) is 12.5 Å². The van der Waals surface area contributed by atoms with Gasteiger partial charge in [0, 0.05) is 6.20 Å². The van der Waals surface area contributed by atoms with Crippen molar-refractivity contribution in [1.29, 1.82) is 0 Å². The first-order valence-electron chi connectivity index (χ1n) is 4.19. The van der Waals surface area contributed by atoms with E-state index in [0.717, 1.165) is 5.56 Å². The second-order valence-electron chi connectivity index (χ2n) is 2.84. The summed E-state index contributed by atoms with van der Waals surface area (Å²) in [6, 6.07) is 1.86. The van der Waals surface area contributed by atoms with E-state index in [1.54, 1.807) is 19.2 Å². The van der Waals surface area contributed by atoms with Gasteiger partial charge in [-0.25, -0.2) is 4.98 Å². The number of rotatable bonds is 2. The molecule has 74 valence electrons. The van der Waals surface area contributed by atoms with Gasteiger partial charge in [0.25, 0.3) is 0 Å². The molecule has 0 spiro atoms. The molecule has 0 aromatic carbocycles. The summed E-state index contributed by atoms with van der Waals surface area (Å²) in [6.07, 6.45) is 4.89. The lowest BCUT2D eigenvalue weighted by Gasteiger charge is -2.04. The van der Waals surface area contributed by atoms with Crippen molar-refractivity contribution in [3.63, 3.8) is 0 Å². The smallest absolute Gasteiger partial charge is 0.248 e. The average molecular weight is 255 g/mol. The second-order valence-corrected chi connectivity index (χ2v) is 3.59. The lowest BCUT2D eigenvalue weighted by Crippen LogP contribution is -2.08. The van der Waals surface area contributed by atoms with Crippen LogP contribution in [-0.4, -0.2) is 10.9 Å². The van der Waals surface area contributed by atoms with Gasteiger partial charge in [-0.1, -0.05) is 6.08 Å². The molecule has 0 atom stereocenters. The lowest BCUT2D eigenvalue weighted by atomic mass is 10.3. The molecule has 0 bridgehead atoms. The van der Waals surface area contributed by atoms with Crippen LogP contribution in [0.4, 0.5) is 5.69 Å². The number of aromatic nitrogens is 1. The Labute approximate surface area is 91.4 Å². The van der Waals surface area contributed by atoms with Crippen LogP contribution in [0.5, 0.6) is 0 Å². The molecule has 1 amide bonds. The lowest BCUT2D eigenvalue weighted by molar-refractivity contribution is -0.111. The number of nitrogens with one attached hydrogen (secondary N) is 1. The molecule has 3 nitrogen and oxygen atoms in total. The maximum Gasteiger partial charge on any atom is 0.248 e. The van der Waals surface area contributed by atoms with E-state index in [1.807, 2.05) is 13.0 Å². The molecular formula is C10H11BrN2O. The van der Waals surface area contributed by atoms with Crippen LogP contribution >= 0.6 is 15.9 Å². The summed E-state index contributed by atoms with van der Waals surface area (Å²) in [5.41, 5.74) is 1.69. The molecule has 0 fully saturated rings. The summed E-state index contributed by atoms with van der Waals surface area (Å²) >= 11 is 3.26. The molecule has 0 radical (unpaired) electrons. The van der Waals surface area contributed by atoms with E-state index in [-0.39, 0.29) is 5.91 Å². The third-order valence-electron chi connectivity index (χ3n) is 1.55. The normalized spacial score (nSPS) is 10.5. The largest absolute Gasteiger partial charge is 0.320 e. The molecule has 1 aromatic heterocycles. The summed E-state index contributed by atoms with van der Waals surface area (Å²) in [4.78, 5) is 15.3. The third-order valence-corrected chi connectivity index (χ3v) is 2.18. The maximum absolute atomic E-state index is 11.2. The van der Waals surface area contributed by atoms with Crippen molar-refractivity contribution in [2.45, 2.75) is 13.8 Å². The molecular weight excluding hydrogens is 244 g/mol. The molecule has 0 aliphatic rings. The molecule has 0 unspecified atom stereocenters. The Kier molecular flexibility index (Phi) is 3.83. The average Bonchev–Trinajstić information content (AvgIpc) is 2.12. The highest BCUT2D eigenvalue weighted by Gasteiger charge is 2.03. The van der Waals surface area contributed by atoms with Gasteiger partial charge in [-0.05, 0) is 47.5 Å². The van der Waals surface area contributed by atoms with Gasteiger partial charge >= 0.3 is 0 Å². The van der Waals surface area contributed by atoms with Crippen LogP contribution < -0.4 is 5.32 Å². The fourth-order valence-electron chi connectivity index (χ4n) is 0.966. The Morgan fingerprint density at radius 1 is 1.64 bits per heavy atom. The van der Waals surface area contributed by atoms with Gasteiger partial charge in [0.1, 0.15) is 4.60 Å². The van der Waals surface area contributed by atoms with Gasteiger partial charge in [-0.15, -0.1) is 0 Å². The predicted molar refractivity (Wildman–Crippen MR) is 60.1 cm³/mol. The van der Waals surface area contributed by atoms with Gasteiger partial charge in [-0.3, -0.25) is 4.79 Å². The first kappa shape index (κ1) is 10.9. The molecule has 0 aliphatic carbocycles. The molecule has 0 aliphatic heterocycles. The Morgan fingerprint density at radius 3 is 3.00 bits per heavy atom. The van der Waals surface area contributed by atoms with Crippen LogP contribution in [0, 0.1) is 6.92 Å². The van der Waals surface area contributed by atoms with Gasteiger partial charge in [-0.2, -0.15) is 0 Å². The molecule has 1 heterocycles. The molecule has 0 saturated heterocycles. The Hall–Kier alpha value is -1.16. The number of carbonyl (C=O) groups excluding carboxylic acids is 1. The topological polar surface area (TPSA) is 42.0 Å². The van der Waals surface area contributed by atoms with Crippen molar-refractivity contribution < 1.29 is 4.79 Å². The maximum atomic E-state index is 11.2. The first-order chi connectivity index (χ1) is 6.63. The first-order valence-corrected chi connectivity index (χ1v) is 4.98. The molecule has 4 heteroatoms. The second kappa shape index (κ2) is 4.91. The highest BCUT2D eigenvalue weighted by Crippen LogP contribution is 2.20. The van der Waals surface area contributed by atoms with E-state index in [9.17, 15) is 4.79 Å². The number of anilines is 1. The van der Waals surface area contributed by atoms with Crippen molar-refractivity contribution in [1.82, 2.24) is 4.98 Å². The third kappa shape index (κ3) is 2.96. The minimum Gasteiger partial charge on any atom is -0.320 e. The van der Waals surface area contributed by atoms with Crippen molar-refractivity contribution in [3.05, 3.63) is 34.6 Å². The van der Waals surface area contributed by atoms with Crippen LogP contribution in [0.3, 0.4) is 0 Å². The number of halogens is 1. The van der Waals surface area contributed by atoms with Gasteiger partial charge in [0.2, 0.25) is 5.91 Å². The van der Waals surface area contributed by atoms with Gasteiger partial charge < -0.3 is 5.32 Å². The number of nitrogens with zero attached hydrogens (tertiary/aromatic N) is 1. The van der Waals surface area contributed by atoms with E-state index < -0.39 is 0 Å². The summed E-state index contributed by atoms with van der Waals surface area (Å²) in [6.45, 7) is 3.72. The Morgan fingerprint density at radius 2 is 2.36 bits per heavy atom. The van der Waals surface area contributed by atoms with E-state index in [1.165, 1.54) is 6.08 Å². The Bertz CT molecular complexity index is 374. The van der Waals surface area contributed by atoms with Crippen LogP contribution in [0.2, 0.25) is 0 Å². The van der Waals surface area contributed by atoms with E-state index >= 15 is 0 Å². The summed E-state index contributed by atoms with van der Waals surface area (Å²) in [5, 5.41) is 2.72. The highest BCUT2D eigenvalue weighted by molar-refractivity contribution is 9.10. The highest BCUT2D eigenvalue weighted by atomic mass is 79.9. The standard InChI is InChI=1S/C10H11BrN2O/c1-3-4-9(14)13-8-5-7(2)6-12-10(8)11/h3-6H,1-2H3,(H,13,14)/b4-3+. The number of pyridine rings is 1. The summed E-state index contributed by atoms with van der Waals surface area (Å²) < 4.78 is 0.640. The SMILES string of the molecule is C/C=C/C(=O)Nc1cc(C)cnc1Br. The quantitative estimate of drug-likeness (QED) is 0.652. The number of aryl methyl sites for hydroxylation is 1. The molecule has 1 aromatic rings. The number of amides is 1. The van der Waals surface area contributed by atoms with Crippen LogP contribution in [0.15, 0.2) is 29.0 Å². The molecule has 1 N–H and O–H groups in total. The van der Waals surface area contributed by atoms with Crippen LogP contribution in [0.25, 0.3) is 0 Å². The van der Waals surface area contributed by atoms with Gasteiger partial charge in [0.15, 0.2) is 0 Å². The monoisotopic (exact) mass is 254 g/mol. The summed E-state index contributed by atoms with van der Waals surface area (Å²) in [5.74, 6) is -0.152. The number of carbonyl (C=O) groups is 1. The van der Waals surface area contributed by atoms with Gasteiger partial charge in [0.05, 0.1) is 5.69 Å². The van der Waals surface area contributed by atoms with Crippen molar-refractivity contribution in [3.8, 4) is 0 Å². The predicted octanol–water partition coefficient (Wildman–Crippen LogP) is 2.67. The van der Waals surface area contributed by atoms with E-state index in [0.29, 0.717) is 10.3 Å². The zero-order chi connectivity index (χ0) is 10.6. The van der Waals surface area contributed by atoms with Crippen molar-refractivity contribution in [2.24, 2.45) is 0 Å².